The lowest BCUT2D eigenvalue weighted by Gasteiger charge is -2.26. The van der Waals surface area contributed by atoms with Gasteiger partial charge < -0.3 is 14.2 Å². The molecule has 170 valence electrons. The molecule has 0 unspecified atom stereocenters. The number of benzene rings is 2. The van der Waals surface area contributed by atoms with Gasteiger partial charge in [0.25, 0.3) is 5.56 Å². The number of nitrogens with zero attached hydrogens (tertiary/aromatic N) is 2. The summed E-state index contributed by atoms with van der Waals surface area (Å²) in [5, 5.41) is 0. The predicted octanol–water partition coefficient (Wildman–Crippen LogP) is 2.85. The van der Waals surface area contributed by atoms with E-state index in [2.05, 4.69) is 4.99 Å². The summed E-state index contributed by atoms with van der Waals surface area (Å²) >= 11 is 1.27. The SMILES string of the molecule is COc1ccc([C@H]2C(C(C)=O)=C(C)N=c3s/c(=C/c4ccccc4OC)c(=O)n32)c(OC)c1. The molecule has 1 aromatic heterocycles. The second-order valence-electron chi connectivity index (χ2n) is 7.49. The number of hydrogen-bond donors (Lipinski definition) is 0. The fourth-order valence-electron chi connectivity index (χ4n) is 4.04. The Morgan fingerprint density at radius 2 is 1.79 bits per heavy atom. The summed E-state index contributed by atoms with van der Waals surface area (Å²) in [6, 6.07) is 12.2. The summed E-state index contributed by atoms with van der Waals surface area (Å²) in [5.41, 5.74) is 2.26. The number of para-hydroxylation sites is 1. The van der Waals surface area contributed by atoms with E-state index in [1.165, 1.54) is 18.3 Å². The van der Waals surface area contributed by atoms with E-state index in [-0.39, 0.29) is 11.3 Å². The Labute approximate surface area is 194 Å². The highest BCUT2D eigenvalue weighted by molar-refractivity contribution is 7.07. The number of allylic oxidation sites excluding steroid dienone is 2. The number of Topliss-reactive ketones (excluding diaryl/α,β-unsaturated/α-hetero) is 1. The Morgan fingerprint density at radius 1 is 1.06 bits per heavy atom. The molecular formula is C25H24N2O5S. The van der Waals surface area contributed by atoms with Crippen LogP contribution in [-0.4, -0.2) is 31.7 Å². The molecule has 0 radical (unpaired) electrons. The monoisotopic (exact) mass is 464 g/mol. The van der Waals surface area contributed by atoms with E-state index >= 15 is 0 Å². The van der Waals surface area contributed by atoms with Crippen molar-refractivity contribution < 1.29 is 19.0 Å². The van der Waals surface area contributed by atoms with Gasteiger partial charge in [0, 0.05) is 28.5 Å². The maximum atomic E-state index is 13.6. The topological polar surface area (TPSA) is 79.1 Å². The number of hydrogen-bond acceptors (Lipinski definition) is 7. The number of fused-ring (bicyclic) bond motifs is 1. The third-order valence-electron chi connectivity index (χ3n) is 5.56. The van der Waals surface area contributed by atoms with Crippen molar-refractivity contribution in [1.82, 2.24) is 4.57 Å². The van der Waals surface area contributed by atoms with Gasteiger partial charge in [-0.3, -0.25) is 14.2 Å². The lowest BCUT2D eigenvalue weighted by molar-refractivity contribution is -0.114. The van der Waals surface area contributed by atoms with E-state index in [1.807, 2.05) is 30.3 Å². The number of carbonyl (C=O) groups excluding carboxylic acids is 1. The maximum absolute atomic E-state index is 13.6. The van der Waals surface area contributed by atoms with E-state index in [1.54, 1.807) is 51.0 Å². The second kappa shape index (κ2) is 9.07. The van der Waals surface area contributed by atoms with Crippen LogP contribution in [-0.2, 0) is 4.79 Å². The fraction of sp³-hybridized carbons (Fsp3) is 0.240. The molecule has 0 bridgehead atoms. The van der Waals surface area contributed by atoms with Crippen molar-refractivity contribution in [3.05, 3.63) is 84.5 Å². The molecule has 0 amide bonds. The zero-order valence-corrected chi connectivity index (χ0v) is 19.9. The summed E-state index contributed by atoms with van der Waals surface area (Å²) in [6.07, 6.45) is 1.79. The smallest absolute Gasteiger partial charge is 0.271 e. The summed E-state index contributed by atoms with van der Waals surface area (Å²) in [6.45, 7) is 3.28. The molecule has 8 heteroatoms. The van der Waals surface area contributed by atoms with Crippen LogP contribution in [0.25, 0.3) is 6.08 Å². The minimum absolute atomic E-state index is 0.155. The summed E-state index contributed by atoms with van der Waals surface area (Å²) in [4.78, 5) is 31.5. The van der Waals surface area contributed by atoms with Crippen LogP contribution in [0.4, 0.5) is 0 Å². The molecule has 33 heavy (non-hydrogen) atoms. The van der Waals surface area contributed by atoms with Gasteiger partial charge in [-0.2, -0.15) is 0 Å². The Bertz CT molecular complexity index is 1450. The number of carbonyl (C=O) groups is 1. The molecule has 7 nitrogen and oxygen atoms in total. The Kier molecular flexibility index (Phi) is 6.20. The molecule has 3 aromatic rings. The van der Waals surface area contributed by atoms with Gasteiger partial charge in [0.2, 0.25) is 0 Å². The third-order valence-corrected chi connectivity index (χ3v) is 6.54. The number of ether oxygens (including phenoxy) is 3. The summed E-state index contributed by atoms with van der Waals surface area (Å²) < 4.78 is 18.4. The van der Waals surface area contributed by atoms with Crippen LogP contribution in [0.3, 0.4) is 0 Å². The molecular weight excluding hydrogens is 440 g/mol. The van der Waals surface area contributed by atoms with Crippen molar-refractivity contribution in [3.8, 4) is 17.2 Å². The molecule has 2 heterocycles. The van der Waals surface area contributed by atoms with Crippen LogP contribution >= 0.6 is 11.3 Å². The van der Waals surface area contributed by atoms with Crippen LogP contribution < -0.4 is 29.1 Å². The number of aromatic nitrogens is 1. The average Bonchev–Trinajstić information content (AvgIpc) is 3.12. The van der Waals surface area contributed by atoms with Crippen LogP contribution in [0.5, 0.6) is 17.2 Å². The number of methoxy groups -OCH3 is 3. The number of thiazole rings is 1. The first kappa shape index (κ1) is 22.5. The largest absolute Gasteiger partial charge is 0.497 e. The molecule has 0 aliphatic carbocycles. The van der Waals surface area contributed by atoms with Crippen molar-refractivity contribution in [2.24, 2.45) is 4.99 Å². The van der Waals surface area contributed by atoms with Gasteiger partial charge in [-0.05, 0) is 38.1 Å². The van der Waals surface area contributed by atoms with E-state index in [0.29, 0.717) is 43.4 Å². The lowest BCUT2D eigenvalue weighted by atomic mass is 9.92. The molecule has 0 saturated carbocycles. The van der Waals surface area contributed by atoms with Crippen molar-refractivity contribution in [1.29, 1.82) is 0 Å². The average molecular weight is 465 g/mol. The van der Waals surface area contributed by atoms with E-state index < -0.39 is 6.04 Å². The Hall–Kier alpha value is -3.65. The van der Waals surface area contributed by atoms with E-state index in [4.69, 9.17) is 14.2 Å². The number of rotatable bonds is 6. The maximum Gasteiger partial charge on any atom is 0.271 e. The van der Waals surface area contributed by atoms with Crippen LogP contribution in [0.1, 0.15) is 31.0 Å². The first-order chi connectivity index (χ1) is 15.9. The van der Waals surface area contributed by atoms with Gasteiger partial charge in [-0.25, -0.2) is 4.99 Å². The van der Waals surface area contributed by atoms with Crippen LogP contribution in [0.15, 0.2) is 63.5 Å². The van der Waals surface area contributed by atoms with Crippen LogP contribution in [0.2, 0.25) is 0 Å². The first-order valence-corrected chi connectivity index (χ1v) is 11.1. The lowest BCUT2D eigenvalue weighted by Crippen LogP contribution is -2.39. The van der Waals surface area contributed by atoms with Crippen molar-refractivity contribution in [3.63, 3.8) is 0 Å². The molecule has 4 rings (SSSR count). The van der Waals surface area contributed by atoms with Gasteiger partial charge in [-0.15, -0.1) is 0 Å². The minimum atomic E-state index is -0.667. The van der Waals surface area contributed by atoms with Crippen molar-refractivity contribution >= 4 is 23.2 Å². The number of ketones is 1. The fourth-order valence-corrected chi connectivity index (χ4v) is 5.07. The van der Waals surface area contributed by atoms with Crippen molar-refractivity contribution in [2.75, 3.05) is 21.3 Å². The molecule has 0 fully saturated rings. The summed E-state index contributed by atoms with van der Waals surface area (Å²) in [7, 11) is 4.71. The Morgan fingerprint density at radius 3 is 2.45 bits per heavy atom. The van der Waals surface area contributed by atoms with E-state index in [0.717, 1.165) is 5.56 Å². The minimum Gasteiger partial charge on any atom is -0.497 e. The van der Waals surface area contributed by atoms with Gasteiger partial charge in [0.1, 0.15) is 17.2 Å². The zero-order chi connectivity index (χ0) is 23.7. The van der Waals surface area contributed by atoms with Gasteiger partial charge in [-0.1, -0.05) is 29.5 Å². The normalized spacial score (nSPS) is 15.7. The third kappa shape index (κ3) is 3.98. The quantitative estimate of drug-likeness (QED) is 0.561. The van der Waals surface area contributed by atoms with Gasteiger partial charge >= 0.3 is 0 Å². The molecule has 2 aromatic carbocycles. The molecule has 0 N–H and O–H groups in total. The second-order valence-corrected chi connectivity index (χ2v) is 8.50. The van der Waals surface area contributed by atoms with Crippen LogP contribution in [0, 0.1) is 0 Å². The summed E-state index contributed by atoms with van der Waals surface area (Å²) in [5.74, 6) is 1.65. The molecule has 1 aliphatic rings. The zero-order valence-electron chi connectivity index (χ0n) is 19.0. The highest BCUT2D eigenvalue weighted by Gasteiger charge is 2.32. The van der Waals surface area contributed by atoms with Crippen molar-refractivity contribution in [2.45, 2.75) is 19.9 Å². The molecule has 1 aliphatic heterocycles. The Balaban J connectivity index is 2.01. The predicted molar refractivity (Wildman–Crippen MR) is 127 cm³/mol. The highest BCUT2D eigenvalue weighted by Crippen LogP contribution is 2.37. The molecule has 1 atom stereocenters. The van der Waals surface area contributed by atoms with E-state index in [9.17, 15) is 9.59 Å². The molecule has 0 saturated heterocycles. The molecule has 0 spiro atoms. The first-order valence-electron chi connectivity index (χ1n) is 10.3. The van der Waals surface area contributed by atoms with Gasteiger partial charge in [0.15, 0.2) is 10.6 Å². The standard InChI is InChI=1S/C25H24N2O5S/c1-14-22(15(2)28)23(18-11-10-17(30-3)13-20(18)32-5)27-24(29)21(33-25(27)26-14)12-16-8-6-7-9-19(16)31-4/h6-13,23H,1-5H3/b21-12+/t23-/m0/s1. The highest BCUT2D eigenvalue weighted by atomic mass is 32.1. The van der Waals surface area contributed by atoms with Gasteiger partial charge in [0.05, 0.1) is 31.9 Å².